The first kappa shape index (κ1) is 11.6. The lowest BCUT2D eigenvalue weighted by atomic mass is 10.4. The summed E-state index contributed by atoms with van der Waals surface area (Å²) in [6.07, 6.45) is 2.20. The van der Waals surface area contributed by atoms with Gasteiger partial charge in [-0.15, -0.1) is 0 Å². The third-order valence-electron chi connectivity index (χ3n) is 2.48. The van der Waals surface area contributed by atoms with Gasteiger partial charge in [0.15, 0.2) is 0 Å². The first-order valence-electron chi connectivity index (χ1n) is 5.39. The van der Waals surface area contributed by atoms with Crippen LogP contribution in [-0.4, -0.2) is 29.6 Å². The van der Waals surface area contributed by atoms with E-state index in [9.17, 15) is 4.79 Å². The van der Waals surface area contributed by atoms with Crippen molar-refractivity contribution < 1.29 is 9.53 Å². The number of hydrogen-bond donors (Lipinski definition) is 3. The van der Waals surface area contributed by atoms with Gasteiger partial charge >= 0.3 is 5.97 Å². The van der Waals surface area contributed by atoms with E-state index in [0.29, 0.717) is 17.6 Å². The zero-order valence-corrected chi connectivity index (χ0v) is 9.56. The number of nitrogen functional groups attached to an aromatic ring is 1. The van der Waals surface area contributed by atoms with E-state index in [4.69, 9.17) is 5.84 Å². The number of rotatable bonds is 5. The second-order valence-electron chi connectivity index (χ2n) is 3.84. The molecule has 7 heteroatoms. The van der Waals surface area contributed by atoms with Crippen LogP contribution in [0, 0.1) is 0 Å². The third-order valence-corrected chi connectivity index (χ3v) is 2.48. The number of nitrogens with two attached hydrogens (primary N) is 1. The summed E-state index contributed by atoms with van der Waals surface area (Å²) < 4.78 is 4.53. The second-order valence-corrected chi connectivity index (χ2v) is 3.84. The van der Waals surface area contributed by atoms with Crippen LogP contribution >= 0.6 is 0 Å². The highest BCUT2D eigenvalue weighted by molar-refractivity contribution is 5.74. The molecule has 0 atom stereocenters. The Kier molecular flexibility index (Phi) is 3.38. The summed E-state index contributed by atoms with van der Waals surface area (Å²) in [5, 5.41) is 2.87. The van der Waals surface area contributed by atoms with E-state index in [2.05, 4.69) is 25.4 Å². The topological polar surface area (TPSA) is 102 Å². The molecule has 1 aliphatic rings. The van der Waals surface area contributed by atoms with Crippen molar-refractivity contribution >= 4 is 17.6 Å². The molecule has 1 aromatic heterocycles. The van der Waals surface area contributed by atoms with E-state index in [1.165, 1.54) is 7.11 Å². The summed E-state index contributed by atoms with van der Waals surface area (Å²) >= 11 is 0. The van der Waals surface area contributed by atoms with Gasteiger partial charge < -0.3 is 15.5 Å². The van der Waals surface area contributed by atoms with Gasteiger partial charge in [0.1, 0.15) is 24.0 Å². The lowest BCUT2D eigenvalue weighted by Gasteiger charge is -2.08. The van der Waals surface area contributed by atoms with Crippen molar-refractivity contribution in [2.75, 3.05) is 24.4 Å². The monoisotopic (exact) mass is 237 g/mol. The number of nitrogens with one attached hydrogen (secondary N) is 2. The van der Waals surface area contributed by atoms with E-state index < -0.39 is 0 Å². The highest BCUT2D eigenvalue weighted by Crippen LogP contribution is 2.38. The zero-order chi connectivity index (χ0) is 12.3. The van der Waals surface area contributed by atoms with Crippen molar-refractivity contribution in [1.29, 1.82) is 0 Å². The van der Waals surface area contributed by atoms with Gasteiger partial charge in [-0.3, -0.25) is 4.79 Å². The largest absolute Gasteiger partial charge is 0.468 e. The highest BCUT2D eigenvalue weighted by atomic mass is 16.5. The van der Waals surface area contributed by atoms with Gasteiger partial charge in [-0.25, -0.2) is 15.8 Å². The van der Waals surface area contributed by atoms with Crippen molar-refractivity contribution in [3.63, 3.8) is 0 Å². The van der Waals surface area contributed by atoms with E-state index in [0.717, 1.165) is 18.7 Å². The SMILES string of the molecule is COC(=O)CNc1cc(NN)nc(C2CC2)n1. The van der Waals surface area contributed by atoms with Gasteiger partial charge in [-0.1, -0.05) is 0 Å². The van der Waals surface area contributed by atoms with Gasteiger partial charge in [0.2, 0.25) is 0 Å². The molecule has 0 saturated heterocycles. The molecule has 2 rings (SSSR count). The van der Waals surface area contributed by atoms with E-state index in [1.54, 1.807) is 6.07 Å². The summed E-state index contributed by atoms with van der Waals surface area (Å²) in [7, 11) is 1.34. The Morgan fingerprint density at radius 1 is 1.53 bits per heavy atom. The van der Waals surface area contributed by atoms with Crippen LogP contribution in [0.4, 0.5) is 11.6 Å². The number of ether oxygens (including phenoxy) is 1. The average molecular weight is 237 g/mol. The van der Waals surface area contributed by atoms with Gasteiger partial charge in [-0.05, 0) is 12.8 Å². The lowest BCUT2D eigenvalue weighted by Crippen LogP contribution is -2.17. The normalized spacial score (nSPS) is 14.2. The van der Waals surface area contributed by atoms with E-state index in [-0.39, 0.29) is 12.5 Å². The Bertz CT molecular complexity index is 419. The van der Waals surface area contributed by atoms with Crippen molar-refractivity contribution in [1.82, 2.24) is 9.97 Å². The van der Waals surface area contributed by atoms with Crippen molar-refractivity contribution in [3.05, 3.63) is 11.9 Å². The minimum atomic E-state index is -0.348. The second kappa shape index (κ2) is 4.96. The first-order chi connectivity index (χ1) is 8.22. The summed E-state index contributed by atoms with van der Waals surface area (Å²) in [5.74, 6) is 7.26. The van der Waals surface area contributed by atoms with E-state index in [1.807, 2.05) is 0 Å². The lowest BCUT2D eigenvalue weighted by molar-refractivity contribution is -0.138. The van der Waals surface area contributed by atoms with Crippen LogP contribution in [0.2, 0.25) is 0 Å². The molecule has 0 amide bonds. The van der Waals surface area contributed by atoms with Gasteiger partial charge in [-0.2, -0.15) is 0 Å². The summed E-state index contributed by atoms with van der Waals surface area (Å²) in [5.41, 5.74) is 2.48. The predicted octanol–water partition coefficient (Wildman–Crippen LogP) is 0.224. The van der Waals surface area contributed by atoms with Crippen LogP contribution < -0.4 is 16.6 Å². The van der Waals surface area contributed by atoms with Crippen LogP contribution in [-0.2, 0) is 9.53 Å². The molecule has 1 aliphatic carbocycles. The van der Waals surface area contributed by atoms with Gasteiger partial charge in [0.25, 0.3) is 0 Å². The number of hydrazine groups is 1. The number of methoxy groups -OCH3 is 1. The Balaban J connectivity index is 2.09. The number of nitrogens with zero attached hydrogens (tertiary/aromatic N) is 2. The molecule has 0 spiro atoms. The molecule has 4 N–H and O–H groups in total. The molecule has 0 unspecified atom stereocenters. The molecule has 7 nitrogen and oxygen atoms in total. The summed E-state index contributed by atoms with van der Waals surface area (Å²) in [4.78, 5) is 19.6. The van der Waals surface area contributed by atoms with Gasteiger partial charge in [0, 0.05) is 12.0 Å². The Morgan fingerprint density at radius 3 is 2.82 bits per heavy atom. The minimum Gasteiger partial charge on any atom is -0.468 e. The fraction of sp³-hybridized carbons (Fsp3) is 0.500. The van der Waals surface area contributed by atoms with Crippen molar-refractivity contribution in [3.8, 4) is 0 Å². The van der Waals surface area contributed by atoms with Crippen LogP contribution in [0.25, 0.3) is 0 Å². The van der Waals surface area contributed by atoms with E-state index >= 15 is 0 Å². The molecule has 1 fully saturated rings. The van der Waals surface area contributed by atoms with Gasteiger partial charge in [0.05, 0.1) is 7.11 Å². The molecule has 17 heavy (non-hydrogen) atoms. The number of hydrogen-bond acceptors (Lipinski definition) is 7. The van der Waals surface area contributed by atoms with Crippen molar-refractivity contribution in [2.24, 2.45) is 5.84 Å². The number of carbonyl (C=O) groups excluding carboxylic acids is 1. The average Bonchev–Trinajstić information content (AvgIpc) is 3.19. The standard InChI is InChI=1S/C10H15N5O2/c1-17-9(16)5-12-7-4-8(15-11)14-10(13-7)6-2-3-6/h4,6H,2-3,5,11H2,1H3,(H2,12,13,14,15). The molecule has 1 heterocycles. The molecule has 0 aromatic carbocycles. The number of carbonyl (C=O) groups is 1. The molecule has 0 bridgehead atoms. The molecule has 0 aliphatic heterocycles. The highest BCUT2D eigenvalue weighted by Gasteiger charge is 2.27. The zero-order valence-electron chi connectivity index (χ0n) is 9.56. The number of anilines is 2. The number of esters is 1. The fourth-order valence-electron chi connectivity index (χ4n) is 1.39. The van der Waals surface area contributed by atoms with Crippen LogP contribution in [0.15, 0.2) is 6.07 Å². The molecular formula is C10H15N5O2. The smallest absolute Gasteiger partial charge is 0.325 e. The molecule has 1 saturated carbocycles. The Morgan fingerprint density at radius 2 is 2.24 bits per heavy atom. The van der Waals surface area contributed by atoms with Crippen LogP contribution in [0.1, 0.15) is 24.6 Å². The maximum Gasteiger partial charge on any atom is 0.325 e. The number of aromatic nitrogens is 2. The fourth-order valence-corrected chi connectivity index (χ4v) is 1.39. The maximum absolute atomic E-state index is 11.0. The third kappa shape index (κ3) is 3.04. The Labute approximate surface area is 98.7 Å². The molecule has 92 valence electrons. The molecule has 0 radical (unpaired) electrons. The Hall–Kier alpha value is -1.89. The first-order valence-corrected chi connectivity index (χ1v) is 5.39. The minimum absolute atomic E-state index is 0.0711. The summed E-state index contributed by atoms with van der Waals surface area (Å²) in [6.45, 7) is 0.0711. The summed E-state index contributed by atoms with van der Waals surface area (Å²) in [6, 6.07) is 1.65. The molecule has 1 aromatic rings. The van der Waals surface area contributed by atoms with Crippen LogP contribution in [0.3, 0.4) is 0 Å². The van der Waals surface area contributed by atoms with Crippen LogP contribution in [0.5, 0.6) is 0 Å². The van der Waals surface area contributed by atoms with Crippen molar-refractivity contribution in [2.45, 2.75) is 18.8 Å². The predicted molar refractivity (Wildman–Crippen MR) is 62.3 cm³/mol. The quantitative estimate of drug-likeness (QED) is 0.382. The molecular weight excluding hydrogens is 222 g/mol. The maximum atomic E-state index is 11.0.